The van der Waals surface area contributed by atoms with Crippen LogP contribution in [-0.2, 0) is 30.0 Å². The summed E-state index contributed by atoms with van der Waals surface area (Å²) in [5.41, 5.74) is 8.07. The quantitative estimate of drug-likeness (QED) is 0.822. The molecule has 0 fully saturated rings. The van der Waals surface area contributed by atoms with Crippen molar-refractivity contribution in [2.75, 3.05) is 6.54 Å². The molecule has 21 heavy (non-hydrogen) atoms. The molecule has 0 amide bonds. The number of nitrogens with zero attached hydrogens (tertiary/aromatic N) is 2. The van der Waals surface area contributed by atoms with Gasteiger partial charge in [-0.1, -0.05) is 12.1 Å². The second kappa shape index (κ2) is 6.38. The third-order valence-electron chi connectivity index (χ3n) is 3.24. The van der Waals surface area contributed by atoms with Crippen LogP contribution < -0.4 is 10.5 Å². The van der Waals surface area contributed by atoms with E-state index in [2.05, 4.69) is 9.82 Å². The van der Waals surface area contributed by atoms with Crippen LogP contribution in [0, 0.1) is 6.92 Å². The molecule has 0 spiro atoms. The molecule has 0 aliphatic rings. The molecule has 114 valence electrons. The number of hydrogen-bond donors (Lipinski definition) is 2. The van der Waals surface area contributed by atoms with Gasteiger partial charge in [0, 0.05) is 26.3 Å². The molecule has 1 heterocycles. The van der Waals surface area contributed by atoms with Crippen molar-refractivity contribution in [1.29, 1.82) is 0 Å². The van der Waals surface area contributed by atoms with E-state index in [4.69, 9.17) is 5.73 Å². The molecule has 0 aliphatic carbocycles. The Morgan fingerprint density at radius 2 is 2.10 bits per heavy atom. The average molecular weight is 308 g/mol. The van der Waals surface area contributed by atoms with Crippen molar-refractivity contribution in [1.82, 2.24) is 14.5 Å². The van der Waals surface area contributed by atoms with Crippen LogP contribution >= 0.6 is 0 Å². The zero-order valence-corrected chi connectivity index (χ0v) is 13.0. The van der Waals surface area contributed by atoms with Crippen LogP contribution in [0.3, 0.4) is 0 Å². The van der Waals surface area contributed by atoms with Crippen molar-refractivity contribution < 1.29 is 8.42 Å². The second-order valence-electron chi connectivity index (χ2n) is 4.97. The molecule has 0 radical (unpaired) electrons. The molecule has 6 nitrogen and oxygen atoms in total. The maximum absolute atomic E-state index is 12.3. The van der Waals surface area contributed by atoms with Crippen LogP contribution in [0.25, 0.3) is 0 Å². The van der Waals surface area contributed by atoms with Crippen LogP contribution in [-0.4, -0.2) is 24.7 Å². The summed E-state index contributed by atoms with van der Waals surface area (Å²) < 4.78 is 29.0. The molecule has 0 atom stereocenters. The van der Waals surface area contributed by atoms with Crippen molar-refractivity contribution in [2.45, 2.75) is 24.8 Å². The van der Waals surface area contributed by atoms with E-state index in [0.29, 0.717) is 25.1 Å². The minimum Gasteiger partial charge on any atom is -0.326 e. The summed E-state index contributed by atoms with van der Waals surface area (Å²) in [4.78, 5) is 0.289. The zero-order valence-electron chi connectivity index (χ0n) is 12.2. The first-order valence-electron chi connectivity index (χ1n) is 6.69. The third-order valence-corrected chi connectivity index (χ3v) is 4.84. The number of sulfonamides is 1. The van der Waals surface area contributed by atoms with E-state index in [9.17, 15) is 8.42 Å². The highest BCUT2D eigenvalue weighted by Gasteiger charge is 2.16. The Labute approximate surface area is 125 Å². The minimum atomic E-state index is -3.52. The molecule has 1 aromatic heterocycles. The Morgan fingerprint density at radius 3 is 2.71 bits per heavy atom. The lowest BCUT2D eigenvalue weighted by molar-refractivity contribution is 0.581. The van der Waals surface area contributed by atoms with E-state index >= 15 is 0 Å². The molecule has 0 bridgehead atoms. The lowest BCUT2D eigenvalue weighted by Crippen LogP contribution is -2.26. The van der Waals surface area contributed by atoms with E-state index < -0.39 is 10.0 Å². The molecule has 2 aromatic rings. The standard InChI is InChI=1S/C14H20N4O2S/c1-11-3-4-12(8-15)7-14(11)21(19,20)17-6-5-13-9-16-18(2)10-13/h3-4,7,9-10,17H,5-6,8,15H2,1-2H3. The predicted octanol–water partition coefficient (Wildman–Crippen LogP) is 0.708. The number of rotatable bonds is 6. The van der Waals surface area contributed by atoms with Crippen molar-refractivity contribution in [3.8, 4) is 0 Å². The number of benzene rings is 1. The summed E-state index contributed by atoms with van der Waals surface area (Å²) in [6, 6.07) is 5.24. The van der Waals surface area contributed by atoms with Crippen LogP contribution in [0.5, 0.6) is 0 Å². The van der Waals surface area contributed by atoms with Gasteiger partial charge in [0.2, 0.25) is 10.0 Å². The van der Waals surface area contributed by atoms with Gasteiger partial charge in [-0.2, -0.15) is 5.10 Å². The van der Waals surface area contributed by atoms with Crippen LogP contribution in [0.4, 0.5) is 0 Å². The van der Waals surface area contributed by atoms with Gasteiger partial charge in [0.05, 0.1) is 11.1 Å². The maximum atomic E-state index is 12.3. The van der Waals surface area contributed by atoms with Gasteiger partial charge < -0.3 is 5.73 Å². The van der Waals surface area contributed by atoms with Gasteiger partial charge in [0.15, 0.2) is 0 Å². The van der Waals surface area contributed by atoms with Gasteiger partial charge in [-0.05, 0) is 36.1 Å². The smallest absolute Gasteiger partial charge is 0.240 e. The minimum absolute atomic E-state index is 0.289. The first-order valence-corrected chi connectivity index (χ1v) is 8.17. The van der Waals surface area contributed by atoms with Gasteiger partial charge in [-0.15, -0.1) is 0 Å². The average Bonchev–Trinajstić information content (AvgIpc) is 2.84. The summed E-state index contributed by atoms with van der Waals surface area (Å²) in [6.45, 7) is 2.43. The summed E-state index contributed by atoms with van der Waals surface area (Å²) in [7, 11) is -1.69. The lowest BCUT2D eigenvalue weighted by atomic mass is 10.1. The summed E-state index contributed by atoms with van der Waals surface area (Å²) in [6.07, 6.45) is 4.20. The Bertz CT molecular complexity index is 722. The van der Waals surface area contributed by atoms with Crippen molar-refractivity contribution in [3.63, 3.8) is 0 Å². The summed E-state index contributed by atoms with van der Waals surface area (Å²) in [5, 5.41) is 4.05. The van der Waals surface area contributed by atoms with Crippen LogP contribution in [0.1, 0.15) is 16.7 Å². The monoisotopic (exact) mass is 308 g/mol. The molecular weight excluding hydrogens is 288 g/mol. The zero-order chi connectivity index (χ0) is 15.5. The number of aryl methyl sites for hydroxylation is 2. The molecule has 7 heteroatoms. The first-order chi connectivity index (χ1) is 9.92. The van der Waals surface area contributed by atoms with E-state index in [0.717, 1.165) is 11.1 Å². The highest BCUT2D eigenvalue weighted by molar-refractivity contribution is 7.89. The van der Waals surface area contributed by atoms with E-state index in [1.54, 1.807) is 29.9 Å². The second-order valence-corrected chi connectivity index (χ2v) is 6.71. The molecule has 0 aliphatic heterocycles. The largest absolute Gasteiger partial charge is 0.326 e. The fourth-order valence-electron chi connectivity index (χ4n) is 2.07. The van der Waals surface area contributed by atoms with Crippen molar-refractivity contribution in [3.05, 3.63) is 47.3 Å². The molecule has 0 saturated carbocycles. The van der Waals surface area contributed by atoms with Gasteiger partial charge in [0.1, 0.15) is 0 Å². The number of nitrogens with two attached hydrogens (primary N) is 1. The molecule has 2 rings (SSSR count). The SMILES string of the molecule is Cc1ccc(CN)cc1S(=O)(=O)NCCc1cnn(C)c1. The summed E-state index contributed by atoms with van der Waals surface area (Å²) >= 11 is 0. The Hall–Kier alpha value is -1.70. The number of hydrogen-bond acceptors (Lipinski definition) is 4. The van der Waals surface area contributed by atoms with Gasteiger partial charge in [-0.3, -0.25) is 4.68 Å². The Balaban J connectivity index is 2.07. The Morgan fingerprint density at radius 1 is 1.33 bits per heavy atom. The van der Waals surface area contributed by atoms with E-state index in [1.807, 2.05) is 19.3 Å². The molecule has 1 aromatic carbocycles. The Kier molecular flexibility index (Phi) is 4.76. The summed E-state index contributed by atoms with van der Waals surface area (Å²) in [5.74, 6) is 0. The topological polar surface area (TPSA) is 90.0 Å². The highest BCUT2D eigenvalue weighted by Crippen LogP contribution is 2.16. The predicted molar refractivity (Wildman–Crippen MR) is 81.2 cm³/mol. The molecule has 0 unspecified atom stereocenters. The number of nitrogens with one attached hydrogen (secondary N) is 1. The van der Waals surface area contributed by atoms with E-state index in [1.165, 1.54) is 0 Å². The van der Waals surface area contributed by atoms with Crippen LogP contribution in [0.2, 0.25) is 0 Å². The highest BCUT2D eigenvalue weighted by atomic mass is 32.2. The first kappa shape index (κ1) is 15.7. The van der Waals surface area contributed by atoms with Crippen molar-refractivity contribution in [2.24, 2.45) is 12.8 Å². The number of aromatic nitrogens is 2. The van der Waals surface area contributed by atoms with Gasteiger partial charge in [-0.25, -0.2) is 13.1 Å². The van der Waals surface area contributed by atoms with Crippen molar-refractivity contribution >= 4 is 10.0 Å². The molecule has 0 saturated heterocycles. The van der Waals surface area contributed by atoms with E-state index in [-0.39, 0.29) is 4.90 Å². The lowest BCUT2D eigenvalue weighted by Gasteiger charge is -2.10. The normalized spacial score (nSPS) is 11.8. The fraction of sp³-hybridized carbons (Fsp3) is 0.357. The van der Waals surface area contributed by atoms with Gasteiger partial charge in [0.25, 0.3) is 0 Å². The van der Waals surface area contributed by atoms with Gasteiger partial charge >= 0.3 is 0 Å². The fourth-order valence-corrected chi connectivity index (χ4v) is 3.39. The third kappa shape index (κ3) is 3.90. The van der Waals surface area contributed by atoms with Crippen LogP contribution in [0.15, 0.2) is 35.5 Å². The molecular formula is C14H20N4O2S. The molecule has 3 N–H and O–H groups in total. The maximum Gasteiger partial charge on any atom is 0.240 e.